The molecule has 1 N–H and O–H groups in total. The lowest BCUT2D eigenvalue weighted by atomic mass is 10.1. The van der Waals surface area contributed by atoms with E-state index < -0.39 is 0 Å². The number of anilines is 1. The maximum absolute atomic E-state index is 12.4. The van der Waals surface area contributed by atoms with Crippen molar-refractivity contribution in [2.45, 2.75) is 19.3 Å². The second-order valence-electron chi connectivity index (χ2n) is 5.95. The predicted molar refractivity (Wildman–Crippen MR) is 101 cm³/mol. The van der Waals surface area contributed by atoms with Gasteiger partial charge < -0.3 is 10.2 Å². The summed E-state index contributed by atoms with van der Waals surface area (Å²) in [6.07, 6.45) is 2.02. The number of halogens is 2. The first-order valence-corrected chi connectivity index (χ1v) is 8.93. The molecule has 0 aliphatic carbocycles. The molecule has 25 heavy (non-hydrogen) atoms. The summed E-state index contributed by atoms with van der Waals surface area (Å²) in [5, 5.41) is 4.05. The molecule has 1 saturated heterocycles. The number of benzene rings is 2. The van der Waals surface area contributed by atoms with Crippen LogP contribution < -0.4 is 10.2 Å². The molecule has 0 radical (unpaired) electrons. The van der Waals surface area contributed by atoms with Crippen LogP contribution >= 0.6 is 23.2 Å². The predicted octanol–water partition coefficient (Wildman–Crippen LogP) is 4.09. The van der Waals surface area contributed by atoms with Gasteiger partial charge in [0.15, 0.2) is 0 Å². The van der Waals surface area contributed by atoms with Crippen LogP contribution in [0.25, 0.3) is 0 Å². The Bertz CT molecular complexity index is 808. The number of rotatable bonds is 5. The molecule has 0 bridgehead atoms. The van der Waals surface area contributed by atoms with Crippen LogP contribution in [0.5, 0.6) is 0 Å². The second kappa shape index (κ2) is 7.89. The van der Waals surface area contributed by atoms with Crippen LogP contribution in [0.2, 0.25) is 10.0 Å². The van der Waals surface area contributed by atoms with Crippen molar-refractivity contribution in [3.63, 3.8) is 0 Å². The first kappa shape index (κ1) is 17.8. The number of nitrogens with one attached hydrogen (secondary N) is 1. The van der Waals surface area contributed by atoms with E-state index in [9.17, 15) is 9.59 Å². The number of nitrogens with zero attached hydrogens (tertiary/aromatic N) is 1. The fourth-order valence-corrected chi connectivity index (χ4v) is 3.31. The zero-order valence-corrected chi connectivity index (χ0v) is 15.1. The van der Waals surface area contributed by atoms with Gasteiger partial charge in [-0.05, 0) is 48.7 Å². The number of amides is 2. The van der Waals surface area contributed by atoms with Crippen LogP contribution in [-0.4, -0.2) is 24.9 Å². The Labute approximate surface area is 156 Å². The number of hydrogen-bond acceptors (Lipinski definition) is 2. The fourth-order valence-electron chi connectivity index (χ4n) is 2.88. The molecule has 2 aromatic carbocycles. The monoisotopic (exact) mass is 376 g/mol. The van der Waals surface area contributed by atoms with Gasteiger partial charge >= 0.3 is 0 Å². The van der Waals surface area contributed by atoms with Gasteiger partial charge in [-0.1, -0.05) is 35.3 Å². The van der Waals surface area contributed by atoms with E-state index in [-0.39, 0.29) is 11.8 Å². The molecule has 0 aromatic heterocycles. The summed E-state index contributed by atoms with van der Waals surface area (Å²) in [7, 11) is 0. The van der Waals surface area contributed by atoms with Gasteiger partial charge in [0.05, 0.1) is 10.7 Å². The molecule has 0 atom stereocenters. The van der Waals surface area contributed by atoms with Crippen molar-refractivity contribution in [2.24, 2.45) is 0 Å². The summed E-state index contributed by atoms with van der Waals surface area (Å²) < 4.78 is 0. The Morgan fingerprint density at radius 1 is 1.16 bits per heavy atom. The molecular weight excluding hydrogens is 359 g/mol. The Morgan fingerprint density at radius 3 is 2.72 bits per heavy atom. The average molecular weight is 377 g/mol. The fraction of sp³-hybridized carbons (Fsp3) is 0.263. The number of hydrogen-bond donors (Lipinski definition) is 1. The SMILES string of the molecule is O=C(NCCc1cccc(Cl)c1)c1ccc(Cl)c(N2CCCC2=O)c1. The van der Waals surface area contributed by atoms with Crippen LogP contribution in [-0.2, 0) is 11.2 Å². The summed E-state index contributed by atoms with van der Waals surface area (Å²) >= 11 is 12.2. The van der Waals surface area contributed by atoms with Crippen molar-refractivity contribution in [3.05, 3.63) is 63.6 Å². The van der Waals surface area contributed by atoms with E-state index in [0.29, 0.717) is 47.2 Å². The first-order valence-electron chi connectivity index (χ1n) is 8.17. The number of carbonyl (C=O) groups excluding carboxylic acids is 2. The molecule has 6 heteroatoms. The van der Waals surface area contributed by atoms with E-state index in [2.05, 4.69) is 5.32 Å². The maximum Gasteiger partial charge on any atom is 0.251 e. The van der Waals surface area contributed by atoms with Crippen LogP contribution in [0.3, 0.4) is 0 Å². The molecule has 3 rings (SSSR count). The summed E-state index contributed by atoms with van der Waals surface area (Å²) in [6.45, 7) is 1.14. The Morgan fingerprint density at radius 2 is 2.00 bits per heavy atom. The molecule has 1 aliphatic rings. The zero-order chi connectivity index (χ0) is 17.8. The topological polar surface area (TPSA) is 49.4 Å². The van der Waals surface area contributed by atoms with Crippen molar-refractivity contribution < 1.29 is 9.59 Å². The lowest BCUT2D eigenvalue weighted by Crippen LogP contribution is -2.27. The summed E-state index contributed by atoms with van der Waals surface area (Å²) in [5.41, 5.74) is 2.16. The highest BCUT2D eigenvalue weighted by atomic mass is 35.5. The molecular formula is C19H18Cl2N2O2. The third-order valence-electron chi connectivity index (χ3n) is 4.16. The highest BCUT2D eigenvalue weighted by Crippen LogP contribution is 2.30. The maximum atomic E-state index is 12.4. The van der Waals surface area contributed by atoms with Crippen LogP contribution in [0.4, 0.5) is 5.69 Å². The average Bonchev–Trinajstić information content (AvgIpc) is 3.01. The van der Waals surface area contributed by atoms with Gasteiger partial charge in [-0.3, -0.25) is 9.59 Å². The van der Waals surface area contributed by atoms with E-state index in [1.165, 1.54) is 0 Å². The van der Waals surface area contributed by atoms with E-state index in [1.807, 2.05) is 24.3 Å². The highest BCUT2D eigenvalue weighted by molar-refractivity contribution is 6.34. The van der Waals surface area contributed by atoms with Gasteiger partial charge in [0.25, 0.3) is 5.91 Å². The van der Waals surface area contributed by atoms with Crippen LogP contribution in [0.15, 0.2) is 42.5 Å². The zero-order valence-electron chi connectivity index (χ0n) is 13.6. The molecule has 2 amide bonds. The molecule has 0 unspecified atom stereocenters. The van der Waals surface area contributed by atoms with Gasteiger partial charge in [0, 0.05) is 30.1 Å². The minimum atomic E-state index is -0.188. The molecule has 1 aliphatic heterocycles. The standard InChI is InChI=1S/C19H18Cl2N2O2/c20-15-4-1-3-13(11-15)8-9-22-19(25)14-6-7-16(21)17(12-14)23-10-2-5-18(23)24/h1,3-4,6-7,11-12H,2,5,8-10H2,(H,22,25). The van der Waals surface area contributed by atoms with Gasteiger partial charge in [-0.15, -0.1) is 0 Å². The lowest BCUT2D eigenvalue weighted by molar-refractivity contribution is -0.117. The summed E-state index contributed by atoms with van der Waals surface area (Å²) in [6, 6.07) is 12.6. The Hall–Kier alpha value is -2.04. The minimum absolute atomic E-state index is 0.0421. The summed E-state index contributed by atoms with van der Waals surface area (Å²) in [4.78, 5) is 25.9. The molecule has 0 spiro atoms. The van der Waals surface area contributed by atoms with E-state index in [4.69, 9.17) is 23.2 Å². The van der Waals surface area contributed by atoms with Crippen molar-refractivity contribution in [3.8, 4) is 0 Å². The molecule has 130 valence electrons. The Kier molecular flexibility index (Phi) is 5.61. The highest BCUT2D eigenvalue weighted by Gasteiger charge is 2.24. The quantitative estimate of drug-likeness (QED) is 0.853. The van der Waals surface area contributed by atoms with Crippen molar-refractivity contribution in [2.75, 3.05) is 18.0 Å². The first-order chi connectivity index (χ1) is 12.0. The van der Waals surface area contributed by atoms with E-state index >= 15 is 0 Å². The van der Waals surface area contributed by atoms with Crippen molar-refractivity contribution in [1.29, 1.82) is 0 Å². The van der Waals surface area contributed by atoms with Gasteiger partial charge in [0.1, 0.15) is 0 Å². The minimum Gasteiger partial charge on any atom is -0.352 e. The normalized spacial score (nSPS) is 14.0. The van der Waals surface area contributed by atoms with E-state index in [0.717, 1.165) is 12.0 Å². The number of carbonyl (C=O) groups is 2. The molecule has 4 nitrogen and oxygen atoms in total. The van der Waals surface area contributed by atoms with Crippen LogP contribution in [0.1, 0.15) is 28.8 Å². The van der Waals surface area contributed by atoms with Gasteiger partial charge in [-0.25, -0.2) is 0 Å². The van der Waals surface area contributed by atoms with E-state index in [1.54, 1.807) is 23.1 Å². The molecule has 1 fully saturated rings. The second-order valence-corrected chi connectivity index (χ2v) is 6.79. The Balaban J connectivity index is 1.65. The van der Waals surface area contributed by atoms with Gasteiger partial charge in [0.2, 0.25) is 5.91 Å². The molecule has 1 heterocycles. The van der Waals surface area contributed by atoms with Gasteiger partial charge in [-0.2, -0.15) is 0 Å². The summed E-state index contributed by atoms with van der Waals surface area (Å²) in [5.74, 6) is -0.146. The van der Waals surface area contributed by atoms with Crippen LogP contribution in [0, 0.1) is 0 Å². The molecule has 0 saturated carbocycles. The van der Waals surface area contributed by atoms with Crippen molar-refractivity contribution in [1.82, 2.24) is 5.32 Å². The largest absolute Gasteiger partial charge is 0.352 e. The van der Waals surface area contributed by atoms with Crippen molar-refractivity contribution >= 4 is 40.7 Å². The third kappa shape index (κ3) is 4.33. The molecule has 2 aromatic rings. The third-order valence-corrected chi connectivity index (χ3v) is 4.72. The smallest absolute Gasteiger partial charge is 0.251 e. The lowest BCUT2D eigenvalue weighted by Gasteiger charge is -2.18.